The Morgan fingerprint density at radius 2 is 1.66 bits per heavy atom. The molecule has 1 aliphatic carbocycles. The van der Waals surface area contributed by atoms with Gasteiger partial charge in [0.05, 0.1) is 10.4 Å². The molecule has 0 spiro atoms. The highest BCUT2D eigenvalue weighted by atomic mass is 32.2. The van der Waals surface area contributed by atoms with Crippen LogP contribution in [0.25, 0.3) is 21.7 Å². The first-order valence-electron chi connectivity index (χ1n) is 11.6. The first kappa shape index (κ1) is 23.1. The molecule has 0 atom stereocenters. The van der Waals surface area contributed by atoms with Crippen LogP contribution in [0.4, 0.5) is 0 Å². The van der Waals surface area contributed by atoms with Gasteiger partial charge in [-0.2, -0.15) is 0 Å². The molecule has 0 bridgehead atoms. The van der Waals surface area contributed by atoms with Gasteiger partial charge in [-0.1, -0.05) is 48.5 Å². The standard InChI is InChI=1S/C26H27N5O3S/c27-19-10-12-20(13-11-19)30-26(32)23-14-17-8-9-18(25(28)29)15-22(17)31(23)35(33,34)24-7-3-5-16-4-1-2-6-21(16)24/h1-9,14-15,19-20H,10-13,27H2,(H3,28,29)(H,30,32). The quantitative estimate of drug-likeness (QED) is 0.251. The Balaban J connectivity index is 1.69. The number of carbonyl (C=O) groups excluding carboxylic acids is 1. The molecule has 1 aliphatic rings. The van der Waals surface area contributed by atoms with Crippen molar-refractivity contribution < 1.29 is 13.2 Å². The van der Waals surface area contributed by atoms with E-state index in [2.05, 4.69) is 5.32 Å². The predicted molar refractivity (Wildman–Crippen MR) is 137 cm³/mol. The van der Waals surface area contributed by atoms with Gasteiger partial charge in [0, 0.05) is 28.4 Å². The molecule has 1 amide bonds. The first-order chi connectivity index (χ1) is 16.8. The van der Waals surface area contributed by atoms with E-state index in [-0.39, 0.29) is 28.5 Å². The number of nitrogens with zero attached hydrogens (tertiary/aromatic N) is 1. The summed E-state index contributed by atoms with van der Waals surface area (Å²) in [6.45, 7) is 0. The van der Waals surface area contributed by atoms with Crippen molar-refractivity contribution in [3.8, 4) is 0 Å². The summed E-state index contributed by atoms with van der Waals surface area (Å²) in [4.78, 5) is 13.5. The molecule has 1 fully saturated rings. The normalized spacial score (nSPS) is 18.5. The molecule has 0 radical (unpaired) electrons. The SMILES string of the molecule is N=C(N)c1ccc2cc(C(=O)NC3CCC(N)CC3)n(S(=O)(=O)c3cccc4ccccc34)c2c1. The molecule has 3 aromatic carbocycles. The number of hydrogen-bond donors (Lipinski definition) is 4. The summed E-state index contributed by atoms with van der Waals surface area (Å²) in [5.74, 6) is -0.651. The van der Waals surface area contributed by atoms with Crippen LogP contribution in [0.2, 0.25) is 0 Å². The van der Waals surface area contributed by atoms with Crippen LogP contribution in [-0.2, 0) is 10.0 Å². The van der Waals surface area contributed by atoms with Crippen molar-refractivity contribution in [1.29, 1.82) is 5.41 Å². The minimum absolute atomic E-state index is 0.0171. The average Bonchev–Trinajstić information content (AvgIpc) is 3.25. The number of carbonyl (C=O) groups is 1. The first-order valence-corrected chi connectivity index (χ1v) is 13.0. The lowest BCUT2D eigenvalue weighted by molar-refractivity contribution is 0.0920. The Morgan fingerprint density at radius 1 is 0.943 bits per heavy atom. The highest BCUT2D eigenvalue weighted by molar-refractivity contribution is 7.90. The van der Waals surface area contributed by atoms with Crippen molar-refractivity contribution in [1.82, 2.24) is 9.29 Å². The Morgan fingerprint density at radius 3 is 2.40 bits per heavy atom. The Labute approximate surface area is 203 Å². The zero-order valence-electron chi connectivity index (χ0n) is 19.1. The fourth-order valence-corrected chi connectivity index (χ4v) is 6.53. The summed E-state index contributed by atoms with van der Waals surface area (Å²) in [5, 5.41) is 12.7. The zero-order chi connectivity index (χ0) is 24.7. The Bertz CT molecular complexity index is 1560. The number of amides is 1. The van der Waals surface area contributed by atoms with Gasteiger partial charge in [0.25, 0.3) is 15.9 Å². The van der Waals surface area contributed by atoms with Crippen LogP contribution in [0.1, 0.15) is 41.7 Å². The lowest BCUT2D eigenvalue weighted by Gasteiger charge is -2.27. The van der Waals surface area contributed by atoms with Crippen molar-refractivity contribution in [2.75, 3.05) is 0 Å². The molecule has 9 heteroatoms. The van der Waals surface area contributed by atoms with E-state index in [1.165, 1.54) is 6.07 Å². The maximum Gasteiger partial charge on any atom is 0.269 e. The van der Waals surface area contributed by atoms with Gasteiger partial charge >= 0.3 is 0 Å². The molecule has 6 N–H and O–H groups in total. The maximum atomic E-state index is 14.1. The van der Waals surface area contributed by atoms with Crippen LogP contribution < -0.4 is 16.8 Å². The second-order valence-electron chi connectivity index (χ2n) is 9.05. The maximum absolute atomic E-state index is 14.1. The number of benzene rings is 3. The molecule has 180 valence electrons. The smallest absolute Gasteiger partial charge is 0.269 e. The third kappa shape index (κ3) is 4.17. The lowest BCUT2D eigenvalue weighted by atomic mass is 9.92. The van der Waals surface area contributed by atoms with Gasteiger partial charge in [-0.15, -0.1) is 0 Å². The Hall–Kier alpha value is -3.69. The van der Waals surface area contributed by atoms with Gasteiger partial charge in [-0.05, 0) is 49.3 Å². The average molecular weight is 490 g/mol. The molecule has 0 aliphatic heterocycles. The van der Waals surface area contributed by atoms with Gasteiger partial charge < -0.3 is 16.8 Å². The van der Waals surface area contributed by atoms with Crippen LogP contribution in [0.3, 0.4) is 0 Å². The number of nitrogen functional groups attached to an aromatic ring is 1. The van der Waals surface area contributed by atoms with E-state index in [0.29, 0.717) is 21.9 Å². The van der Waals surface area contributed by atoms with E-state index in [9.17, 15) is 13.2 Å². The molecule has 1 aromatic heterocycles. The number of hydrogen-bond acceptors (Lipinski definition) is 5. The fraction of sp³-hybridized carbons (Fsp3) is 0.231. The third-order valence-electron chi connectivity index (χ3n) is 6.68. The summed E-state index contributed by atoms with van der Waals surface area (Å²) in [6, 6.07) is 18.8. The number of amidine groups is 1. The molecular weight excluding hydrogens is 462 g/mol. The second-order valence-corrected chi connectivity index (χ2v) is 10.8. The number of nitrogens with two attached hydrogens (primary N) is 2. The number of aromatic nitrogens is 1. The minimum Gasteiger partial charge on any atom is -0.384 e. The van der Waals surface area contributed by atoms with Gasteiger partial charge in [-0.3, -0.25) is 10.2 Å². The highest BCUT2D eigenvalue weighted by Gasteiger charge is 2.29. The van der Waals surface area contributed by atoms with E-state index in [4.69, 9.17) is 16.9 Å². The van der Waals surface area contributed by atoms with Crippen LogP contribution in [0, 0.1) is 5.41 Å². The minimum atomic E-state index is -4.19. The van der Waals surface area contributed by atoms with Crippen molar-refractivity contribution in [2.45, 2.75) is 42.7 Å². The summed E-state index contributed by atoms with van der Waals surface area (Å²) < 4.78 is 29.4. The lowest BCUT2D eigenvalue weighted by Crippen LogP contribution is -2.41. The van der Waals surface area contributed by atoms with Crippen LogP contribution >= 0.6 is 0 Å². The van der Waals surface area contributed by atoms with Crippen LogP contribution in [-0.4, -0.2) is 36.2 Å². The molecule has 35 heavy (non-hydrogen) atoms. The number of fused-ring (bicyclic) bond motifs is 2. The molecule has 4 aromatic rings. The summed E-state index contributed by atoms with van der Waals surface area (Å²) in [7, 11) is -4.19. The van der Waals surface area contributed by atoms with E-state index in [1.54, 1.807) is 42.5 Å². The highest BCUT2D eigenvalue weighted by Crippen LogP contribution is 2.31. The monoisotopic (exact) mass is 489 g/mol. The van der Waals surface area contributed by atoms with Crippen molar-refractivity contribution >= 4 is 43.4 Å². The molecule has 1 saturated carbocycles. The van der Waals surface area contributed by atoms with Gasteiger partial charge in [0.15, 0.2) is 0 Å². The number of nitrogens with one attached hydrogen (secondary N) is 2. The topological polar surface area (TPSA) is 144 Å². The van der Waals surface area contributed by atoms with E-state index < -0.39 is 15.9 Å². The van der Waals surface area contributed by atoms with Crippen molar-refractivity contribution in [2.24, 2.45) is 11.5 Å². The summed E-state index contributed by atoms with van der Waals surface area (Å²) >= 11 is 0. The molecule has 0 saturated heterocycles. The van der Waals surface area contributed by atoms with Crippen LogP contribution in [0.5, 0.6) is 0 Å². The van der Waals surface area contributed by atoms with E-state index >= 15 is 0 Å². The van der Waals surface area contributed by atoms with Crippen LogP contribution in [0.15, 0.2) is 71.6 Å². The summed E-state index contributed by atoms with van der Waals surface area (Å²) in [5.41, 5.74) is 12.4. The number of rotatable bonds is 5. The Kier molecular flexibility index (Phi) is 5.82. The van der Waals surface area contributed by atoms with Gasteiger partial charge in [0.2, 0.25) is 0 Å². The molecular formula is C26H27N5O3S. The third-order valence-corrected chi connectivity index (χ3v) is 8.46. The van der Waals surface area contributed by atoms with Gasteiger partial charge in [-0.25, -0.2) is 12.4 Å². The molecule has 0 unspecified atom stereocenters. The fourth-order valence-electron chi connectivity index (χ4n) is 4.80. The largest absolute Gasteiger partial charge is 0.384 e. The zero-order valence-corrected chi connectivity index (χ0v) is 19.9. The molecule has 1 heterocycles. The van der Waals surface area contributed by atoms with E-state index in [0.717, 1.165) is 35.0 Å². The molecule has 8 nitrogen and oxygen atoms in total. The van der Waals surface area contributed by atoms with E-state index in [1.807, 2.05) is 18.2 Å². The second kappa shape index (κ2) is 8.83. The predicted octanol–water partition coefficient (Wildman–Crippen LogP) is 3.32. The van der Waals surface area contributed by atoms with Crippen molar-refractivity contribution in [3.05, 3.63) is 78.0 Å². The summed E-state index contributed by atoms with van der Waals surface area (Å²) in [6.07, 6.45) is 3.11. The molecule has 5 rings (SSSR count). The van der Waals surface area contributed by atoms with Gasteiger partial charge in [0.1, 0.15) is 11.5 Å². The van der Waals surface area contributed by atoms with Crippen molar-refractivity contribution in [3.63, 3.8) is 0 Å².